The predicted molar refractivity (Wildman–Crippen MR) is 116 cm³/mol. The minimum atomic E-state index is -1.03. The Kier molecular flexibility index (Phi) is 5.86. The number of ether oxygens (including phenoxy) is 1. The van der Waals surface area contributed by atoms with Gasteiger partial charge in [0.1, 0.15) is 5.75 Å². The second kappa shape index (κ2) is 8.16. The number of anilines is 1. The lowest BCUT2D eigenvalue weighted by molar-refractivity contribution is -0.144. The molecule has 1 saturated heterocycles. The molecule has 1 aliphatic heterocycles. The summed E-state index contributed by atoms with van der Waals surface area (Å²) >= 11 is 6.70. The van der Waals surface area contributed by atoms with Crippen molar-refractivity contribution < 1.29 is 19.4 Å². The molecular formula is C21H19NO4S2. The molecule has 1 N–H and O–H groups in total. The number of amides is 1. The molecule has 3 rings (SSSR count). The van der Waals surface area contributed by atoms with Crippen molar-refractivity contribution in [1.29, 1.82) is 0 Å². The van der Waals surface area contributed by atoms with Crippen molar-refractivity contribution in [2.75, 3.05) is 4.90 Å². The van der Waals surface area contributed by atoms with Gasteiger partial charge in [0, 0.05) is 0 Å². The Morgan fingerprint density at radius 2 is 1.89 bits per heavy atom. The molecule has 144 valence electrons. The van der Waals surface area contributed by atoms with Gasteiger partial charge in [0.2, 0.25) is 0 Å². The van der Waals surface area contributed by atoms with Gasteiger partial charge in [-0.2, -0.15) is 0 Å². The maximum atomic E-state index is 12.9. The van der Waals surface area contributed by atoms with Crippen molar-refractivity contribution in [3.8, 4) is 5.75 Å². The molecule has 5 nitrogen and oxygen atoms in total. The summed E-state index contributed by atoms with van der Waals surface area (Å²) < 4.78 is 5.82. The van der Waals surface area contributed by atoms with Gasteiger partial charge < -0.3 is 9.84 Å². The van der Waals surface area contributed by atoms with Crippen LogP contribution in [0.15, 0.2) is 47.4 Å². The minimum absolute atomic E-state index is 0.150. The summed E-state index contributed by atoms with van der Waals surface area (Å²) in [7, 11) is 0. The molecule has 1 fully saturated rings. The number of carboxylic acids is 1. The molecule has 0 aromatic heterocycles. The molecule has 0 bridgehead atoms. The van der Waals surface area contributed by atoms with Gasteiger partial charge in [-0.25, -0.2) is 4.79 Å². The fourth-order valence-corrected chi connectivity index (χ4v) is 3.99. The van der Waals surface area contributed by atoms with Crippen molar-refractivity contribution in [3.63, 3.8) is 0 Å². The second-order valence-electron chi connectivity index (χ2n) is 6.40. The smallest absolute Gasteiger partial charge is 0.344 e. The first kappa shape index (κ1) is 20.1. The van der Waals surface area contributed by atoms with Gasteiger partial charge in [0.15, 0.2) is 10.4 Å². The quantitative estimate of drug-likeness (QED) is 0.573. The van der Waals surface area contributed by atoms with Gasteiger partial charge in [0.25, 0.3) is 5.91 Å². The number of thioether (sulfide) groups is 1. The third-order valence-corrected chi connectivity index (χ3v) is 5.75. The number of carboxylic acid groups (broad SMARTS) is 1. The van der Waals surface area contributed by atoms with Gasteiger partial charge >= 0.3 is 5.97 Å². The molecule has 7 heteroatoms. The molecule has 1 amide bonds. The van der Waals surface area contributed by atoms with E-state index in [-0.39, 0.29) is 5.91 Å². The van der Waals surface area contributed by atoms with Crippen LogP contribution >= 0.6 is 24.0 Å². The number of hydrogen-bond donors (Lipinski definition) is 1. The molecule has 0 spiro atoms. The summed E-state index contributed by atoms with van der Waals surface area (Å²) in [6.07, 6.45) is 0.842. The zero-order valence-electron chi connectivity index (χ0n) is 15.6. The van der Waals surface area contributed by atoms with E-state index in [9.17, 15) is 9.59 Å². The van der Waals surface area contributed by atoms with E-state index < -0.39 is 12.1 Å². The van der Waals surface area contributed by atoms with Gasteiger partial charge in [-0.3, -0.25) is 9.69 Å². The van der Waals surface area contributed by atoms with Crippen molar-refractivity contribution >= 4 is 51.9 Å². The van der Waals surface area contributed by atoms with Gasteiger partial charge in [-0.05, 0) is 61.7 Å². The predicted octanol–water partition coefficient (Wildman–Crippen LogP) is 4.56. The first-order chi connectivity index (χ1) is 13.3. The number of nitrogens with zero attached hydrogens (tertiary/aromatic N) is 1. The Bertz CT molecular complexity index is 982. The summed E-state index contributed by atoms with van der Waals surface area (Å²) in [5.41, 5.74) is 3.73. The van der Waals surface area contributed by atoms with E-state index in [2.05, 4.69) is 0 Å². The van der Waals surface area contributed by atoms with Crippen LogP contribution in [0.4, 0.5) is 5.69 Å². The highest BCUT2D eigenvalue weighted by molar-refractivity contribution is 8.27. The Balaban J connectivity index is 1.82. The molecule has 0 aliphatic carbocycles. The van der Waals surface area contributed by atoms with Crippen LogP contribution in [0.25, 0.3) is 6.08 Å². The number of benzene rings is 2. The molecule has 1 unspecified atom stereocenters. The lowest BCUT2D eigenvalue weighted by atomic mass is 10.1. The van der Waals surface area contributed by atoms with Crippen LogP contribution in [-0.4, -0.2) is 27.4 Å². The van der Waals surface area contributed by atoms with Crippen LogP contribution in [0.1, 0.15) is 23.6 Å². The SMILES string of the molecule is Cc1cccc(N2C(=O)/C(=C\c3ccc(OC(C)C(=O)O)cc3)SC2=S)c1C. The maximum absolute atomic E-state index is 12.9. The topological polar surface area (TPSA) is 66.8 Å². The third kappa shape index (κ3) is 4.10. The normalized spacial score (nSPS) is 16.5. The van der Waals surface area contributed by atoms with Gasteiger partial charge in [0.05, 0.1) is 10.6 Å². The highest BCUT2D eigenvalue weighted by atomic mass is 32.2. The van der Waals surface area contributed by atoms with Crippen LogP contribution < -0.4 is 9.64 Å². The van der Waals surface area contributed by atoms with E-state index in [0.29, 0.717) is 15.0 Å². The number of thiocarbonyl (C=S) groups is 1. The number of aryl methyl sites for hydroxylation is 1. The summed E-state index contributed by atoms with van der Waals surface area (Å²) in [5, 5.41) is 8.91. The molecule has 28 heavy (non-hydrogen) atoms. The molecule has 2 aromatic rings. The monoisotopic (exact) mass is 413 g/mol. The van der Waals surface area contributed by atoms with E-state index in [4.69, 9.17) is 22.1 Å². The standard InChI is InChI=1S/C21H19NO4S2/c1-12-5-4-6-17(13(12)2)22-19(23)18(28-21(22)27)11-15-7-9-16(10-8-15)26-14(3)20(24)25/h4-11,14H,1-3H3,(H,24,25)/b18-11+. The minimum Gasteiger partial charge on any atom is -0.479 e. The van der Waals surface area contributed by atoms with Gasteiger partial charge in [-0.1, -0.05) is 48.2 Å². The molecule has 1 heterocycles. The van der Waals surface area contributed by atoms with E-state index in [1.807, 2.05) is 32.0 Å². The summed E-state index contributed by atoms with van der Waals surface area (Å²) in [6.45, 7) is 5.44. The molecule has 1 aliphatic rings. The number of hydrogen-bond acceptors (Lipinski definition) is 5. The van der Waals surface area contributed by atoms with E-state index in [1.165, 1.54) is 18.7 Å². The molecular weight excluding hydrogens is 394 g/mol. The Morgan fingerprint density at radius 1 is 1.21 bits per heavy atom. The average molecular weight is 414 g/mol. The van der Waals surface area contributed by atoms with Crippen LogP contribution in [-0.2, 0) is 9.59 Å². The molecule has 2 aromatic carbocycles. The summed E-state index contributed by atoms with van der Waals surface area (Å²) in [5.74, 6) is -0.724. The van der Waals surface area contributed by atoms with Crippen molar-refractivity contribution in [2.24, 2.45) is 0 Å². The molecule has 0 saturated carbocycles. The molecule has 0 radical (unpaired) electrons. The number of carbonyl (C=O) groups excluding carboxylic acids is 1. The maximum Gasteiger partial charge on any atom is 0.344 e. The summed E-state index contributed by atoms with van der Waals surface area (Å²) in [6, 6.07) is 12.7. The first-order valence-corrected chi connectivity index (χ1v) is 9.84. The Labute approximate surface area is 173 Å². The zero-order valence-corrected chi connectivity index (χ0v) is 17.3. The number of aliphatic carboxylic acids is 1. The largest absolute Gasteiger partial charge is 0.479 e. The van der Waals surface area contributed by atoms with Crippen molar-refractivity contribution in [3.05, 3.63) is 64.1 Å². The van der Waals surface area contributed by atoms with Crippen LogP contribution in [0.5, 0.6) is 5.75 Å². The van der Waals surface area contributed by atoms with E-state index >= 15 is 0 Å². The van der Waals surface area contributed by atoms with Crippen molar-refractivity contribution in [1.82, 2.24) is 0 Å². The number of carbonyl (C=O) groups is 2. The fourth-order valence-electron chi connectivity index (χ4n) is 2.70. The Hall–Kier alpha value is -2.64. The highest BCUT2D eigenvalue weighted by Gasteiger charge is 2.34. The zero-order chi connectivity index (χ0) is 20.4. The van der Waals surface area contributed by atoms with Crippen molar-refractivity contribution in [2.45, 2.75) is 26.9 Å². The second-order valence-corrected chi connectivity index (χ2v) is 8.08. The average Bonchev–Trinajstić information content (AvgIpc) is 2.92. The lowest BCUT2D eigenvalue weighted by Crippen LogP contribution is -2.28. The van der Waals surface area contributed by atoms with Crippen LogP contribution in [0.3, 0.4) is 0 Å². The van der Waals surface area contributed by atoms with Crippen LogP contribution in [0, 0.1) is 13.8 Å². The fraction of sp³-hybridized carbons (Fsp3) is 0.190. The Morgan fingerprint density at radius 3 is 2.54 bits per heavy atom. The lowest BCUT2D eigenvalue weighted by Gasteiger charge is -2.18. The third-order valence-electron chi connectivity index (χ3n) is 4.45. The first-order valence-electron chi connectivity index (χ1n) is 8.61. The van der Waals surface area contributed by atoms with Crippen LogP contribution in [0.2, 0.25) is 0 Å². The molecule has 1 atom stereocenters. The number of rotatable bonds is 5. The van der Waals surface area contributed by atoms with E-state index in [1.54, 1.807) is 35.2 Å². The van der Waals surface area contributed by atoms with Gasteiger partial charge in [-0.15, -0.1) is 0 Å². The summed E-state index contributed by atoms with van der Waals surface area (Å²) in [4.78, 5) is 25.9. The highest BCUT2D eigenvalue weighted by Crippen LogP contribution is 2.37. The van der Waals surface area contributed by atoms with E-state index in [0.717, 1.165) is 22.4 Å².